The normalized spacial score (nSPS) is 11.9. The maximum absolute atomic E-state index is 6.47. The summed E-state index contributed by atoms with van der Waals surface area (Å²) in [5, 5.41) is 4.16. The van der Waals surface area contributed by atoms with E-state index in [9.17, 15) is 0 Å². The second-order valence-electron chi connectivity index (χ2n) is 8.76. The van der Waals surface area contributed by atoms with Gasteiger partial charge in [0.05, 0.1) is 22.2 Å². The highest BCUT2D eigenvalue weighted by atomic mass is 16.3. The molecule has 4 heterocycles. The molecule has 4 aromatic heterocycles. The van der Waals surface area contributed by atoms with Crippen LogP contribution in [0.4, 0.5) is 0 Å². The summed E-state index contributed by atoms with van der Waals surface area (Å²) in [4.78, 5) is 19.0. The molecule has 0 saturated carbocycles. The number of para-hydroxylation sites is 1. The molecule has 0 spiro atoms. The summed E-state index contributed by atoms with van der Waals surface area (Å²) in [6.07, 6.45) is 5.26. The molecule has 0 fully saturated rings. The lowest BCUT2D eigenvalue weighted by Crippen LogP contribution is -2.02. The fourth-order valence-corrected chi connectivity index (χ4v) is 5.23. The third-order valence-electron chi connectivity index (χ3n) is 6.79. The van der Waals surface area contributed by atoms with Crippen molar-refractivity contribution in [3.8, 4) is 17.2 Å². The third kappa shape index (κ3) is 2.61. The fourth-order valence-electron chi connectivity index (χ4n) is 5.23. The van der Waals surface area contributed by atoms with Crippen LogP contribution >= 0.6 is 0 Å². The van der Waals surface area contributed by atoms with E-state index in [1.54, 1.807) is 12.4 Å². The molecule has 0 amide bonds. The van der Waals surface area contributed by atoms with E-state index in [2.05, 4.69) is 45.9 Å². The maximum Gasteiger partial charge on any atom is 0.235 e. The quantitative estimate of drug-likeness (QED) is 0.274. The summed E-state index contributed by atoms with van der Waals surface area (Å²) in [6.45, 7) is 0. The Kier molecular flexibility index (Phi) is 3.85. The topological polar surface area (TPSA) is 69.6 Å². The molecular weight excluding hydrogens is 446 g/mol. The zero-order valence-electron chi connectivity index (χ0n) is 19.0. The van der Waals surface area contributed by atoms with Crippen molar-refractivity contribution < 1.29 is 4.42 Å². The predicted octanol–water partition coefficient (Wildman–Crippen LogP) is 7.08. The van der Waals surface area contributed by atoms with E-state index in [0.29, 0.717) is 5.95 Å². The third-order valence-corrected chi connectivity index (χ3v) is 6.79. The van der Waals surface area contributed by atoms with E-state index in [4.69, 9.17) is 19.4 Å². The Labute approximate surface area is 204 Å². The molecule has 6 nitrogen and oxygen atoms in total. The van der Waals surface area contributed by atoms with Crippen molar-refractivity contribution in [2.24, 2.45) is 0 Å². The minimum Gasteiger partial charge on any atom is -0.454 e. The van der Waals surface area contributed by atoms with Crippen LogP contribution in [0.2, 0.25) is 0 Å². The largest absolute Gasteiger partial charge is 0.454 e. The Hall–Kier alpha value is -5.10. The van der Waals surface area contributed by atoms with Crippen molar-refractivity contribution in [3.63, 3.8) is 0 Å². The number of fused-ring (bicyclic) bond motifs is 9. The van der Waals surface area contributed by atoms with Gasteiger partial charge in [-0.25, -0.2) is 9.97 Å². The van der Waals surface area contributed by atoms with E-state index < -0.39 is 0 Å². The zero-order chi connectivity index (χ0) is 23.6. The Morgan fingerprint density at radius 3 is 2.42 bits per heavy atom. The summed E-state index contributed by atoms with van der Waals surface area (Å²) < 4.78 is 8.57. The van der Waals surface area contributed by atoms with E-state index in [0.717, 1.165) is 66.0 Å². The fraction of sp³-hybridized carbons (Fsp3) is 0. The highest BCUT2D eigenvalue weighted by Gasteiger charge is 2.22. The summed E-state index contributed by atoms with van der Waals surface area (Å²) in [5.41, 5.74) is 7.09. The number of furan rings is 1. The minimum absolute atomic E-state index is 0.576. The van der Waals surface area contributed by atoms with Gasteiger partial charge in [0.2, 0.25) is 5.95 Å². The standard InChI is InChI=1S/C30H17N5O/c1-2-6-18(7-3-1)22-14-15-33-30(34-22)35-24-13-12-23-27(32-17-16-31-23)26(24)21-11-10-20-19-8-4-5-9-25(19)36-29(20)28(21)35/h1-17H. The molecule has 4 aromatic carbocycles. The predicted molar refractivity (Wildman–Crippen MR) is 142 cm³/mol. The van der Waals surface area contributed by atoms with Gasteiger partial charge in [0.15, 0.2) is 5.58 Å². The molecular formula is C30H17N5O. The Morgan fingerprint density at radius 1 is 0.639 bits per heavy atom. The van der Waals surface area contributed by atoms with Crippen molar-refractivity contribution >= 4 is 54.8 Å². The molecule has 6 heteroatoms. The first kappa shape index (κ1) is 19.2. The van der Waals surface area contributed by atoms with Gasteiger partial charge in [0.25, 0.3) is 0 Å². The van der Waals surface area contributed by atoms with Gasteiger partial charge in [0, 0.05) is 45.7 Å². The lowest BCUT2D eigenvalue weighted by molar-refractivity contribution is 0.670. The SMILES string of the molecule is c1ccc(-c2ccnc(-n3c4ccc5nccnc5c4c4ccc5c6ccccc6oc5c43)n2)cc1. The van der Waals surface area contributed by atoms with Gasteiger partial charge in [0.1, 0.15) is 11.1 Å². The van der Waals surface area contributed by atoms with E-state index in [1.807, 2.05) is 54.7 Å². The molecule has 0 unspecified atom stereocenters. The number of nitrogens with zero attached hydrogens (tertiary/aromatic N) is 5. The van der Waals surface area contributed by atoms with Crippen LogP contribution in [0.1, 0.15) is 0 Å². The van der Waals surface area contributed by atoms with E-state index in [1.165, 1.54) is 0 Å². The highest BCUT2D eigenvalue weighted by molar-refractivity contribution is 6.26. The molecule has 0 atom stereocenters. The Morgan fingerprint density at radius 2 is 1.47 bits per heavy atom. The number of rotatable bonds is 2. The molecule has 8 rings (SSSR count). The first-order valence-corrected chi connectivity index (χ1v) is 11.7. The molecule has 36 heavy (non-hydrogen) atoms. The lowest BCUT2D eigenvalue weighted by Gasteiger charge is -2.08. The van der Waals surface area contributed by atoms with Crippen LogP contribution < -0.4 is 0 Å². The molecule has 0 bridgehead atoms. The number of hydrogen-bond acceptors (Lipinski definition) is 5. The molecule has 0 aliphatic heterocycles. The van der Waals surface area contributed by atoms with Crippen LogP contribution in [0, 0.1) is 0 Å². The van der Waals surface area contributed by atoms with Gasteiger partial charge in [-0.1, -0.05) is 54.6 Å². The number of benzene rings is 4. The zero-order valence-corrected chi connectivity index (χ0v) is 19.0. The first-order chi connectivity index (χ1) is 17.9. The van der Waals surface area contributed by atoms with Crippen molar-refractivity contribution in [3.05, 3.63) is 104 Å². The summed E-state index contributed by atoms with van der Waals surface area (Å²) in [7, 11) is 0. The highest BCUT2D eigenvalue weighted by Crippen LogP contribution is 2.41. The Bertz CT molecular complexity index is 2110. The smallest absolute Gasteiger partial charge is 0.235 e. The van der Waals surface area contributed by atoms with Gasteiger partial charge >= 0.3 is 0 Å². The van der Waals surface area contributed by atoms with E-state index in [-0.39, 0.29) is 0 Å². The van der Waals surface area contributed by atoms with E-state index >= 15 is 0 Å². The lowest BCUT2D eigenvalue weighted by atomic mass is 10.1. The van der Waals surface area contributed by atoms with Crippen LogP contribution in [0.25, 0.3) is 72.0 Å². The van der Waals surface area contributed by atoms with Crippen molar-refractivity contribution in [2.75, 3.05) is 0 Å². The van der Waals surface area contributed by atoms with Gasteiger partial charge in [-0.2, -0.15) is 0 Å². The van der Waals surface area contributed by atoms with Crippen LogP contribution in [0.15, 0.2) is 108 Å². The molecule has 0 radical (unpaired) electrons. The summed E-state index contributed by atoms with van der Waals surface area (Å²) in [5.74, 6) is 0.576. The number of hydrogen-bond donors (Lipinski definition) is 0. The van der Waals surface area contributed by atoms with Crippen molar-refractivity contribution in [1.82, 2.24) is 24.5 Å². The molecule has 0 aliphatic rings. The summed E-state index contributed by atoms with van der Waals surface area (Å²) >= 11 is 0. The monoisotopic (exact) mass is 463 g/mol. The molecule has 0 aliphatic carbocycles. The average Bonchev–Trinajstić information content (AvgIpc) is 3.50. The average molecular weight is 464 g/mol. The minimum atomic E-state index is 0.576. The van der Waals surface area contributed by atoms with Crippen LogP contribution in [0.5, 0.6) is 0 Å². The van der Waals surface area contributed by atoms with Crippen molar-refractivity contribution in [1.29, 1.82) is 0 Å². The molecule has 0 saturated heterocycles. The molecule has 8 aromatic rings. The second-order valence-corrected chi connectivity index (χ2v) is 8.76. The Balaban J connectivity index is 1.57. The maximum atomic E-state index is 6.47. The summed E-state index contributed by atoms with van der Waals surface area (Å²) in [6, 6.07) is 28.5. The van der Waals surface area contributed by atoms with Crippen LogP contribution in [0.3, 0.4) is 0 Å². The first-order valence-electron chi connectivity index (χ1n) is 11.7. The van der Waals surface area contributed by atoms with Crippen molar-refractivity contribution in [2.45, 2.75) is 0 Å². The van der Waals surface area contributed by atoms with Gasteiger partial charge < -0.3 is 4.42 Å². The van der Waals surface area contributed by atoms with Crippen LogP contribution in [-0.2, 0) is 0 Å². The van der Waals surface area contributed by atoms with Crippen LogP contribution in [-0.4, -0.2) is 24.5 Å². The second kappa shape index (κ2) is 7.20. The van der Waals surface area contributed by atoms with Gasteiger partial charge in [-0.3, -0.25) is 14.5 Å². The van der Waals surface area contributed by atoms with Gasteiger partial charge in [-0.15, -0.1) is 0 Å². The van der Waals surface area contributed by atoms with Gasteiger partial charge in [-0.05, 0) is 30.3 Å². The number of aromatic nitrogens is 5. The molecule has 0 N–H and O–H groups in total. The molecule has 168 valence electrons.